The summed E-state index contributed by atoms with van der Waals surface area (Å²) >= 11 is 1.88. The van der Waals surface area contributed by atoms with Gasteiger partial charge in [0.05, 0.1) is 0 Å². The molecule has 1 aromatic heterocycles. The fourth-order valence-electron chi connectivity index (χ4n) is 2.37. The van der Waals surface area contributed by atoms with E-state index < -0.39 is 0 Å². The molecule has 1 aliphatic rings. The van der Waals surface area contributed by atoms with Crippen LogP contribution in [0.4, 0.5) is 0 Å². The predicted molar refractivity (Wildman–Crippen MR) is 89.2 cm³/mol. The molecule has 1 N–H and O–H groups in total. The van der Waals surface area contributed by atoms with Gasteiger partial charge in [-0.3, -0.25) is 0 Å². The first kappa shape index (κ1) is 14.6. The van der Waals surface area contributed by atoms with E-state index in [1.807, 2.05) is 11.3 Å². The van der Waals surface area contributed by atoms with Gasteiger partial charge in [-0.05, 0) is 56.9 Å². The lowest BCUT2D eigenvalue weighted by Gasteiger charge is -2.09. The molecule has 0 aliphatic heterocycles. The maximum atomic E-state index is 6.02. The fraction of sp³-hybridized carbons (Fsp3) is 0.444. The van der Waals surface area contributed by atoms with Crippen molar-refractivity contribution in [2.75, 3.05) is 0 Å². The van der Waals surface area contributed by atoms with Crippen molar-refractivity contribution in [2.24, 2.45) is 0 Å². The smallest absolute Gasteiger partial charge is 0.122 e. The molecule has 0 bridgehead atoms. The van der Waals surface area contributed by atoms with Gasteiger partial charge in [0.1, 0.15) is 12.4 Å². The quantitative estimate of drug-likeness (QED) is 0.848. The van der Waals surface area contributed by atoms with Gasteiger partial charge in [0.25, 0.3) is 0 Å². The van der Waals surface area contributed by atoms with Gasteiger partial charge in [0.15, 0.2) is 0 Å². The molecule has 0 unspecified atom stereocenters. The first-order chi connectivity index (χ1) is 10.1. The minimum Gasteiger partial charge on any atom is -0.489 e. The van der Waals surface area contributed by atoms with Gasteiger partial charge < -0.3 is 10.1 Å². The minimum absolute atomic E-state index is 0.663. The SMILES string of the molecule is Cc1ccc(C)c(OCc2cc(CNC3CC3)sc2C)c1. The molecule has 0 atom stereocenters. The van der Waals surface area contributed by atoms with Crippen molar-refractivity contribution in [3.05, 3.63) is 50.7 Å². The zero-order chi connectivity index (χ0) is 14.8. The lowest BCUT2D eigenvalue weighted by Crippen LogP contribution is -2.14. The first-order valence-corrected chi connectivity index (χ1v) is 8.45. The van der Waals surface area contributed by atoms with Crippen molar-refractivity contribution in [3.8, 4) is 5.75 Å². The molecule has 1 aliphatic carbocycles. The highest BCUT2D eigenvalue weighted by atomic mass is 32.1. The standard InChI is InChI=1S/C18H23NOS/c1-12-4-5-13(2)18(8-12)20-11-15-9-17(21-14(15)3)10-19-16-6-7-16/h4-5,8-9,16,19H,6-7,10-11H2,1-3H3. The maximum absolute atomic E-state index is 6.02. The molecule has 2 aromatic rings. The third-order valence-corrected chi connectivity index (χ3v) is 5.03. The Morgan fingerprint density at radius 1 is 1.19 bits per heavy atom. The van der Waals surface area contributed by atoms with Crippen LogP contribution in [0.2, 0.25) is 0 Å². The Balaban J connectivity index is 1.62. The molecule has 0 amide bonds. The lowest BCUT2D eigenvalue weighted by molar-refractivity contribution is 0.303. The van der Waals surface area contributed by atoms with E-state index in [2.05, 4.69) is 50.4 Å². The van der Waals surface area contributed by atoms with Crippen LogP contribution in [0.5, 0.6) is 5.75 Å². The number of thiophene rings is 1. The Kier molecular flexibility index (Phi) is 4.32. The van der Waals surface area contributed by atoms with Gasteiger partial charge in [-0.1, -0.05) is 12.1 Å². The fourth-order valence-corrected chi connectivity index (χ4v) is 3.37. The van der Waals surface area contributed by atoms with Crippen LogP contribution in [0.15, 0.2) is 24.3 Å². The molecule has 112 valence electrons. The molecule has 0 saturated heterocycles. The van der Waals surface area contributed by atoms with Crippen molar-refractivity contribution in [3.63, 3.8) is 0 Å². The summed E-state index contributed by atoms with van der Waals surface area (Å²) in [4.78, 5) is 2.78. The highest BCUT2D eigenvalue weighted by Gasteiger charge is 2.20. The summed E-state index contributed by atoms with van der Waals surface area (Å²) in [5, 5.41) is 3.57. The van der Waals surface area contributed by atoms with Crippen molar-refractivity contribution in [2.45, 2.75) is 52.8 Å². The summed E-state index contributed by atoms with van der Waals surface area (Å²) in [6.07, 6.45) is 2.68. The number of benzene rings is 1. The zero-order valence-corrected chi connectivity index (χ0v) is 13.8. The van der Waals surface area contributed by atoms with Gasteiger partial charge >= 0.3 is 0 Å². The van der Waals surface area contributed by atoms with Gasteiger partial charge in [-0.2, -0.15) is 0 Å². The molecule has 1 aromatic carbocycles. The molecule has 0 radical (unpaired) electrons. The van der Waals surface area contributed by atoms with Crippen LogP contribution in [0, 0.1) is 20.8 Å². The van der Waals surface area contributed by atoms with E-state index in [0.29, 0.717) is 6.61 Å². The molecule has 3 heteroatoms. The molecule has 1 fully saturated rings. The number of hydrogen-bond donors (Lipinski definition) is 1. The van der Waals surface area contributed by atoms with E-state index in [4.69, 9.17) is 4.74 Å². The van der Waals surface area contributed by atoms with E-state index in [1.165, 1.54) is 39.3 Å². The first-order valence-electron chi connectivity index (χ1n) is 7.63. The number of rotatable bonds is 6. The van der Waals surface area contributed by atoms with Crippen LogP contribution >= 0.6 is 11.3 Å². The van der Waals surface area contributed by atoms with E-state index in [1.54, 1.807) is 0 Å². The third-order valence-electron chi connectivity index (χ3n) is 3.94. The van der Waals surface area contributed by atoms with E-state index >= 15 is 0 Å². The van der Waals surface area contributed by atoms with Gasteiger partial charge in [0, 0.05) is 27.9 Å². The van der Waals surface area contributed by atoms with E-state index in [0.717, 1.165) is 18.3 Å². The van der Waals surface area contributed by atoms with Crippen LogP contribution in [0.1, 0.15) is 39.3 Å². The number of nitrogens with one attached hydrogen (secondary N) is 1. The molecule has 1 saturated carbocycles. The van der Waals surface area contributed by atoms with Crippen LogP contribution in [-0.2, 0) is 13.2 Å². The minimum atomic E-state index is 0.663. The van der Waals surface area contributed by atoms with Crippen molar-refractivity contribution < 1.29 is 4.74 Å². The third kappa shape index (κ3) is 3.86. The van der Waals surface area contributed by atoms with Crippen molar-refractivity contribution in [1.82, 2.24) is 5.32 Å². The average Bonchev–Trinajstić information content (AvgIpc) is 3.22. The highest BCUT2D eigenvalue weighted by molar-refractivity contribution is 7.12. The number of aryl methyl sites for hydroxylation is 3. The summed E-state index contributed by atoms with van der Waals surface area (Å²) < 4.78 is 6.02. The predicted octanol–water partition coefficient (Wildman–Crippen LogP) is 4.50. The van der Waals surface area contributed by atoms with E-state index in [-0.39, 0.29) is 0 Å². The van der Waals surface area contributed by atoms with Gasteiger partial charge in [0.2, 0.25) is 0 Å². The Hall–Kier alpha value is -1.32. The average molecular weight is 301 g/mol. The molecule has 2 nitrogen and oxygen atoms in total. The summed E-state index contributed by atoms with van der Waals surface area (Å²) in [5.41, 5.74) is 3.75. The Morgan fingerprint density at radius 3 is 2.76 bits per heavy atom. The topological polar surface area (TPSA) is 21.3 Å². The normalized spacial score (nSPS) is 14.4. The van der Waals surface area contributed by atoms with Crippen LogP contribution in [0.25, 0.3) is 0 Å². The second kappa shape index (κ2) is 6.20. The monoisotopic (exact) mass is 301 g/mol. The van der Waals surface area contributed by atoms with Crippen molar-refractivity contribution in [1.29, 1.82) is 0 Å². The largest absolute Gasteiger partial charge is 0.489 e. The lowest BCUT2D eigenvalue weighted by atomic mass is 10.1. The van der Waals surface area contributed by atoms with Crippen molar-refractivity contribution >= 4 is 11.3 Å². The van der Waals surface area contributed by atoms with Crippen LogP contribution in [0.3, 0.4) is 0 Å². The molecular weight excluding hydrogens is 278 g/mol. The molecule has 21 heavy (non-hydrogen) atoms. The van der Waals surface area contributed by atoms with E-state index in [9.17, 15) is 0 Å². The number of ether oxygens (including phenoxy) is 1. The molecule has 1 heterocycles. The zero-order valence-electron chi connectivity index (χ0n) is 13.0. The molecule has 3 rings (SSSR count). The Morgan fingerprint density at radius 2 is 2.00 bits per heavy atom. The van der Waals surface area contributed by atoms with Gasteiger partial charge in [-0.15, -0.1) is 11.3 Å². The molecular formula is C18H23NOS. The van der Waals surface area contributed by atoms with Crippen LogP contribution in [-0.4, -0.2) is 6.04 Å². The Bertz CT molecular complexity index is 628. The number of hydrogen-bond acceptors (Lipinski definition) is 3. The van der Waals surface area contributed by atoms with Crippen LogP contribution < -0.4 is 10.1 Å². The summed E-state index contributed by atoms with van der Waals surface area (Å²) in [7, 11) is 0. The molecule has 0 spiro atoms. The second-order valence-corrected chi connectivity index (χ2v) is 7.35. The summed E-state index contributed by atoms with van der Waals surface area (Å²) in [5.74, 6) is 0.998. The summed E-state index contributed by atoms with van der Waals surface area (Å²) in [6.45, 7) is 8.05. The summed E-state index contributed by atoms with van der Waals surface area (Å²) in [6, 6.07) is 9.42. The highest BCUT2D eigenvalue weighted by Crippen LogP contribution is 2.26. The maximum Gasteiger partial charge on any atom is 0.122 e. The second-order valence-electron chi connectivity index (χ2n) is 6.01. The van der Waals surface area contributed by atoms with Gasteiger partial charge in [-0.25, -0.2) is 0 Å². The Labute approximate surface area is 131 Å².